The van der Waals surface area contributed by atoms with Gasteiger partial charge in [0.25, 0.3) is 0 Å². The molecule has 1 aromatic carbocycles. The third-order valence-corrected chi connectivity index (χ3v) is 4.53. The van der Waals surface area contributed by atoms with Crippen LogP contribution in [0.25, 0.3) is 0 Å². The molecule has 1 amide bonds. The molecule has 8 nitrogen and oxygen atoms in total. The SMILES string of the molecule is CCNC(=NCc1ccc(C(N)=O)cc1)N1CCN(Cc2ccon2)CC1.I. The van der Waals surface area contributed by atoms with E-state index in [9.17, 15) is 4.79 Å². The Labute approximate surface area is 182 Å². The van der Waals surface area contributed by atoms with E-state index in [4.69, 9.17) is 15.2 Å². The third kappa shape index (κ3) is 6.20. The standard InChI is InChI=1S/C19H26N6O2.HI/c1-2-21-19(22-13-15-3-5-16(6-4-15)18(20)26)25-10-8-24(9-11-25)14-17-7-12-27-23-17;/h3-7,12H,2,8-11,13-14H2,1H3,(H2,20,26)(H,21,22);1H. The van der Waals surface area contributed by atoms with Gasteiger partial charge in [0.05, 0.1) is 12.2 Å². The fraction of sp³-hybridized carbons (Fsp3) is 0.421. The molecule has 28 heavy (non-hydrogen) atoms. The lowest BCUT2D eigenvalue weighted by molar-refractivity contribution is 0.100. The molecule has 0 unspecified atom stereocenters. The summed E-state index contributed by atoms with van der Waals surface area (Å²) in [4.78, 5) is 20.6. The number of nitrogens with two attached hydrogens (primary N) is 1. The molecule has 1 saturated heterocycles. The van der Waals surface area contributed by atoms with Gasteiger partial charge < -0.3 is 20.5 Å². The van der Waals surface area contributed by atoms with Crippen molar-refractivity contribution in [2.75, 3.05) is 32.7 Å². The van der Waals surface area contributed by atoms with Crippen LogP contribution in [0.3, 0.4) is 0 Å². The van der Waals surface area contributed by atoms with Crippen LogP contribution in [0.4, 0.5) is 0 Å². The van der Waals surface area contributed by atoms with Crippen molar-refractivity contribution in [3.63, 3.8) is 0 Å². The molecule has 0 aliphatic carbocycles. The zero-order chi connectivity index (χ0) is 19.1. The van der Waals surface area contributed by atoms with Crippen LogP contribution in [-0.4, -0.2) is 59.5 Å². The second kappa shape index (κ2) is 11.0. The predicted octanol–water partition coefficient (Wildman–Crippen LogP) is 1.67. The number of primary amides is 1. The number of nitrogens with one attached hydrogen (secondary N) is 1. The van der Waals surface area contributed by atoms with Gasteiger partial charge >= 0.3 is 0 Å². The summed E-state index contributed by atoms with van der Waals surface area (Å²) < 4.78 is 4.90. The van der Waals surface area contributed by atoms with Crippen LogP contribution in [0.2, 0.25) is 0 Å². The molecular weight excluding hydrogens is 471 g/mol. The number of aromatic nitrogens is 1. The first-order valence-corrected chi connectivity index (χ1v) is 9.19. The number of piperazine rings is 1. The molecule has 2 heterocycles. The highest BCUT2D eigenvalue weighted by molar-refractivity contribution is 14.0. The summed E-state index contributed by atoms with van der Waals surface area (Å²) in [6.07, 6.45) is 1.61. The highest BCUT2D eigenvalue weighted by Gasteiger charge is 2.20. The molecule has 9 heteroatoms. The summed E-state index contributed by atoms with van der Waals surface area (Å²) in [5, 5.41) is 7.35. The lowest BCUT2D eigenvalue weighted by Crippen LogP contribution is -2.52. The van der Waals surface area contributed by atoms with Crippen molar-refractivity contribution in [3.05, 3.63) is 53.4 Å². The van der Waals surface area contributed by atoms with Crippen LogP contribution >= 0.6 is 24.0 Å². The summed E-state index contributed by atoms with van der Waals surface area (Å²) in [7, 11) is 0. The van der Waals surface area contributed by atoms with E-state index in [1.165, 1.54) is 0 Å². The number of aliphatic imine (C=N–C) groups is 1. The molecule has 0 spiro atoms. The van der Waals surface area contributed by atoms with E-state index in [1.807, 2.05) is 18.2 Å². The van der Waals surface area contributed by atoms with Crippen LogP contribution in [0, 0.1) is 0 Å². The van der Waals surface area contributed by atoms with Crippen molar-refractivity contribution in [1.29, 1.82) is 0 Å². The number of guanidine groups is 1. The van der Waals surface area contributed by atoms with Gasteiger partial charge in [-0.1, -0.05) is 17.3 Å². The fourth-order valence-electron chi connectivity index (χ4n) is 3.03. The minimum atomic E-state index is -0.415. The van der Waals surface area contributed by atoms with Crippen LogP contribution in [0.5, 0.6) is 0 Å². The number of nitrogens with zero attached hydrogens (tertiary/aromatic N) is 4. The molecule has 1 aliphatic heterocycles. The maximum absolute atomic E-state index is 11.2. The Balaban J connectivity index is 0.00000280. The van der Waals surface area contributed by atoms with Crippen LogP contribution in [0.15, 0.2) is 46.1 Å². The molecule has 3 rings (SSSR count). The number of rotatable bonds is 6. The third-order valence-electron chi connectivity index (χ3n) is 4.53. The molecule has 152 valence electrons. The summed E-state index contributed by atoms with van der Waals surface area (Å²) in [6.45, 7) is 7.96. The second-order valence-electron chi connectivity index (χ2n) is 6.49. The van der Waals surface area contributed by atoms with Gasteiger partial charge in [-0.05, 0) is 24.6 Å². The Kier molecular flexibility index (Phi) is 8.71. The van der Waals surface area contributed by atoms with Crippen LogP contribution in [0.1, 0.15) is 28.5 Å². The maximum Gasteiger partial charge on any atom is 0.248 e. The monoisotopic (exact) mass is 498 g/mol. The normalized spacial score (nSPS) is 15.2. The molecule has 3 N–H and O–H groups in total. The highest BCUT2D eigenvalue weighted by Crippen LogP contribution is 2.09. The Morgan fingerprint density at radius 3 is 2.50 bits per heavy atom. The molecule has 1 aromatic heterocycles. The second-order valence-corrected chi connectivity index (χ2v) is 6.49. The largest absolute Gasteiger partial charge is 0.366 e. The molecule has 1 fully saturated rings. The van der Waals surface area contributed by atoms with Crippen molar-refractivity contribution >= 4 is 35.8 Å². The zero-order valence-electron chi connectivity index (χ0n) is 16.0. The van der Waals surface area contributed by atoms with E-state index >= 15 is 0 Å². The van der Waals surface area contributed by atoms with E-state index in [-0.39, 0.29) is 24.0 Å². The topological polar surface area (TPSA) is 100.0 Å². The van der Waals surface area contributed by atoms with Gasteiger partial charge in [0.1, 0.15) is 6.26 Å². The fourth-order valence-corrected chi connectivity index (χ4v) is 3.03. The van der Waals surface area contributed by atoms with E-state index in [2.05, 4.69) is 27.2 Å². The van der Waals surface area contributed by atoms with E-state index in [0.717, 1.165) is 56.5 Å². The minimum Gasteiger partial charge on any atom is -0.366 e. The Bertz CT molecular complexity index is 755. The van der Waals surface area contributed by atoms with E-state index < -0.39 is 5.91 Å². The van der Waals surface area contributed by atoms with Crippen molar-refractivity contribution in [1.82, 2.24) is 20.3 Å². The summed E-state index contributed by atoms with van der Waals surface area (Å²) >= 11 is 0. The van der Waals surface area contributed by atoms with Gasteiger partial charge in [-0.25, -0.2) is 4.99 Å². The average molecular weight is 498 g/mol. The quantitative estimate of drug-likeness (QED) is 0.357. The number of benzene rings is 1. The first-order chi connectivity index (χ1) is 13.2. The Morgan fingerprint density at radius 1 is 1.21 bits per heavy atom. The van der Waals surface area contributed by atoms with E-state index in [1.54, 1.807) is 18.4 Å². The zero-order valence-corrected chi connectivity index (χ0v) is 18.3. The number of carbonyl (C=O) groups is 1. The number of hydrogen-bond donors (Lipinski definition) is 2. The smallest absolute Gasteiger partial charge is 0.248 e. The number of carbonyl (C=O) groups excluding carboxylic acids is 1. The molecule has 0 radical (unpaired) electrons. The van der Waals surface area contributed by atoms with Gasteiger partial charge in [0.15, 0.2) is 5.96 Å². The van der Waals surface area contributed by atoms with Crippen molar-refractivity contribution < 1.29 is 9.32 Å². The number of halogens is 1. The first-order valence-electron chi connectivity index (χ1n) is 9.19. The Hall–Kier alpha value is -2.14. The Morgan fingerprint density at radius 2 is 1.93 bits per heavy atom. The molecule has 0 bridgehead atoms. The first kappa shape index (κ1) is 22.2. The lowest BCUT2D eigenvalue weighted by atomic mass is 10.1. The summed E-state index contributed by atoms with van der Waals surface area (Å²) in [5.74, 6) is 0.499. The number of amides is 1. The lowest BCUT2D eigenvalue weighted by Gasteiger charge is -2.36. The maximum atomic E-state index is 11.2. The average Bonchev–Trinajstić information content (AvgIpc) is 3.19. The summed E-state index contributed by atoms with van der Waals surface area (Å²) in [6, 6.07) is 9.17. The van der Waals surface area contributed by atoms with Crippen molar-refractivity contribution in [2.45, 2.75) is 20.0 Å². The molecular formula is C19H27IN6O2. The van der Waals surface area contributed by atoms with Gasteiger partial charge in [-0.2, -0.15) is 0 Å². The van der Waals surface area contributed by atoms with E-state index in [0.29, 0.717) is 12.1 Å². The van der Waals surface area contributed by atoms with Gasteiger partial charge in [0.2, 0.25) is 5.91 Å². The molecule has 0 saturated carbocycles. The van der Waals surface area contributed by atoms with Crippen LogP contribution < -0.4 is 11.1 Å². The van der Waals surface area contributed by atoms with Crippen molar-refractivity contribution in [3.8, 4) is 0 Å². The van der Waals surface area contributed by atoms with Crippen LogP contribution in [-0.2, 0) is 13.1 Å². The predicted molar refractivity (Wildman–Crippen MR) is 119 cm³/mol. The highest BCUT2D eigenvalue weighted by atomic mass is 127. The molecule has 2 aromatic rings. The van der Waals surface area contributed by atoms with Gasteiger partial charge in [-0.3, -0.25) is 9.69 Å². The van der Waals surface area contributed by atoms with Crippen molar-refractivity contribution in [2.24, 2.45) is 10.7 Å². The van der Waals surface area contributed by atoms with Gasteiger partial charge in [0, 0.05) is 50.9 Å². The van der Waals surface area contributed by atoms with Gasteiger partial charge in [-0.15, -0.1) is 24.0 Å². The summed E-state index contributed by atoms with van der Waals surface area (Å²) in [5.41, 5.74) is 7.80. The minimum absolute atomic E-state index is 0. The molecule has 0 atom stereocenters. The number of hydrogen-bond acceptors (Lipinski definition) is 5. The molecule has 1 aliphatic rings.